The highest BCUT2D eigenvalue weighted by Gasteiger charge is 2.34. The van der Waals surface area contributed by atoms with Crippen molar-refractivity contribution in [3.8, 4) is 5.88 Å². The molecule has 3 heterocycles. The van der Waals surface area contributed by atoms with Gasteiger partial charge >= 0.3 is 11.9 Å². The molecule has 0 aromatic carbocycles. The molecule has 2 aromatic rings. The summed E-state index contributed by atoms with van der Waals surface area (Å²) < 4.78 is 44.6. The van der Waals surface area contributed by atoms with Gasteiger partial charge in [-0.25, -0.2) is 9.78 Å². The number of hydrogen-bond donors (Lipinski definition) is 1. The Morgan fingerprint density at radius 2 is 2.04 bits per heavy atom. The van der Waals surface area contributed by atoms with E-state index in [0.29, 0.717) is 0 Å². The number of hydrogen-bond acceptors (Lipinski definition) is 5. The number of ether oxygens (including phenoxy) is 1. The maximum Gasteiger partial charge on any atom is 0.416 e. The van der Waals surface area contributed by atoms with Gasteiger partial charge < -0.3 is 14.2 Å². The maximum atomic E-state index is 12.7. The smallest absolute Gasteiger partial charge is 0.416 e. The molecule has 0 unspecified atom stereocenters. The number of amides is 1. The lowest BCUT2D eigenvalue weighted by Crippen LogP contribution is -2.56. The molecule has 8 nitrogen and oxygen atoms in total. The zero-order valence-electron chi connectivity index (χ0n) is 13.9. The molecular weight excluding hydrogens is 369 g/mol. The summed E-state index contributed by atoms with van der Waals surface area (Å²) >= 11 is 0. The molecule has 1 saturated heterocycles. The van der Waals surface area contributed by atoms with Crippen LogP contribution >= 0.6 is 0 Å². The standard InChI is InChI=1S/C16H15F3N4O4/c17-16(18,19)10-1-4-20-13(7-10)27-11-8-23(9-11)14(25)3-6-22-5-2-12(24)21-15(22)26/h1-2,4-5,7,11H,3,6,8-9H2,(H,21,24,26). The zero-order valence-corrected chi connectivity index (χ0v) is 13.9. The molecule has 1 aliphatic rings. The van der Waals surface area contributed by atoms with Crippen LogP contribution in [-0.4, -0.2) is 44.5 Å². The van der Waals surface area contributed by atoms with Gasteiger partial charge in [0, 0.05) is 37.5 Å². The van der Waals surface area contributed by atoms with E-state index < -0.39 is 29.1 Å². The molecule has 0 spiro atoms. The number of H-pyrrole nitrogens is 1. The van der Waals surface area contributed by atoms with Crippen molar-refractivity contribution in [1.29, 1.82) is 0 Å². The van der Waals surface area contributed by atoms with Gasteiger partial charge in [0.25, 0.3) is 5.56 Å². The normalized spacial score (nSPS) is 14.7. The van der Waals surface area contributed by atoms with Gasteiger partial charge in [0.05, 0.1) is 18.7 Å². The molecule has 1 amide bonds. The van der Waals surface area contributed by atoms with Gasteiger partial charge in [-0.15, -0.1) is 0 Å². The maximum absolute atomic E-state index is 12.7. The minimum absolute atomic E-state index is 0.0421. The monoisotopic (exact) mass is 384 g/mol. The largest absolute Gasteiger partial charge is 0.471 e. The summed E-state index contributed by atoms with van der Waals surface area (Å²) in [4.78, 5) is 41.9. The third-order valence-electron chi connectivity index (χ3n) is 4.01. The van der Waals surface area contributed by atoms with Gasteiger partial charge in [-0.05, 0) is 6.07 Å². The number of nitrogens with zero attached hydrogens (tertiary/aromatic N) is 3. The van der Waals surface area contributed by atoms with Crippen molar-refractivity contribution in [2.45, 2.75) is 25.2 Å². The topological polar surface area (TPSA) is 97.3 Å². The molecular formula is C16H15F3N4O4. The number of pyridine rings is 1. The SMILES string of the molecule is O=C(CCn1ccc(=O)[nH]c1=O)N1CC(Oc2cc(C(F)(F)F)ccn2)C1. The average molecular weight is 384 g/mol. The summed E-state index contributed by atoms with van der Waals surface area (Å²) in [6.45, 7) is 0.542. The van der Waals surface area contributed by atoms with Gasteiger partial charge in [-0.3, -0.25) is 14.6 Å². The van der Waals surface area contributed by atoms with Gasteiger partial charge in [-0.1, -0.05) is 0 Å². The second-order valence-electron chi connectivity index (χ2n) is 5.97. The predicted octanol–water partition coefficient (Wildman–Crippen LogP) is 0.630. The highest BCUT2D eigenvalue weighted by Crippen LogP contribution is 2.31. The molecule has 0 radical (unpaired) electrons. The third-order valence-corrected chi connectivity index (χ3v) is 4.01. The predicted molar refractivity (Wildman–Crippen MR) is 86.2 cm³/mol. The Morgan fingerprint density at radius 3 is 2.70 bits per heavy atom. The quantitative estimate of drug-likeness (QED) is 0.816. The van der Waals surface area contributed by atoms with Crippen molar-refractivity contribution in [3.05, 3.63) is 57.0 Å². The van der Waals surface area contributed by atoms with Crippen molar-refractivity contribution in [1.82, 2.24) is 19.4 Å². The first-order chi connectivity index (χ1) is 12.7. The van der Waals surface area contributed by atoms with E-state index >= 15 is 0 Å². The molecule has 3 rings (SSSR count). The molecule has 2 aromatic heterocycles. The average Bonchev–Trinajstić information content (AvgIpc) is 2.56. The molecule has 0 bridgehead atoms. The number of rotatable bonds is 5. The number of aromatic nitrogens is 3. The van der Waals surface area contributed by atoms with Crippen LogP contribution in [0, 0.1) is 0 Å². The Morgan fingerprint density at radius 1 is 1.30 bits per heavy atom. The Kier molecular flexibility index (Phi) is 5.02. The van der Waals surface area contributed by atoms with Crippen molar-refractivity contribution >= 4 is 5.91 Å². The molecule has 27 heavy (non-hydrogen) atoms. The van der Waals surface area contributed by atoms with E-state index in [1.165, 1.54) is 21.7 Å². The number of aromatic amines is 1. The zero-order chi connectivity index (χ0) is 19.6. The second kappa shape index (κ2) is 7.25. The number of carbonyl (C=O) groups is 1. The lowest BCUT2D eigenvalue weighted by atomic mass is 10.1. The molecule has 1 N–H and O–H groups in total. The van der Waals surface area contributed by atoms with E-state index in [1.54, 1.807) is 0 Å². The van der Waals surface area contributed by atoms with Crippen LogP contribution in [0.3, 0.4) is 0 Å². The van der Waals surface area contributed by atoms with Crippen molar-refractivity contribution in [3.63, 3.8) is 0 Å². The highest BCUT2D eigenvalue weighted by molar-refractivity contribution is 5.77. The Hall–Kier alpha value is -3.11. The van der Waals surface area contributed by atoms with E-state index in [1.807, 2.05) is 0 Å². The van der Waals surface area contributed by atoms with Crippen LogP contribution in [0.4, 0.5) is 13.2 Å². The van der Waals surface area contributed by atoms with Gasteiger partial charge in [-0.2, -0.15) is 13.2 Å². The number of nitrogens with one attached hydrogen (secondary N) is 1. The summed E-state index contributed by atoms with van der Waals surface area (Å²) in [5, 5.41) is 0. The molecule has 1 aliphatic heterocycles. The molecule has 1 fully saturated rings. The first-order valence-electron chi connectivity index (χ1n) is 8.00. The first kappa shape index (κ1) is 18.7. The van der Waals surface area contributed by atoms with Crippen LogP contribution in [0.25, 0.3) is 0 Å². The van der Waals surface area contributed by atoms with Gasteiger partial charge in [0.2, 0.25) is 11.8 Å². The third kappa shape index (κ3) is 4.54. The van der Waals surface area contributed by atoms with Crippen LogP contribution in [0.5, 0.6) is 5.88 Å². The van der Waals surface area contributed by atoms with Crippen LogP contribution in [0.2, 0.25) is 0 Å². The number of halogens is 3. The minimum atomic E-state index is -4.48. The van der Waals surface area contributed by atoms with Crippen LogP contribution in [0.1, 0.15) is 12.0 Å². The minimum Gasteiger partial charge on any atom is -0.471 e. The first-order valence-corrected chi connectivity index (χ1v) is 8.00. The lowest BCUT2D eigenvalue weighted by Gasteiger charge is -2.38. The fourth-order valence-electron chi connectivity index (χ4n) is 2.53. The van der Waals surface area contributed by atoms with E-state index in [2.05, 4.69) is 9.97 Å². The van der Waals surface area contributed by atoms with E-state index in [0.717, 1.165) is 18.3 Å². The number of carbonyl (C=O) groups excluding carboxylic acids is 1. The fraction of sp³-hybridized carbons (Fsp3) is 0.375. The summed E-state index contributed by atoms with van der Waals surface area (Å²) in [7, 11) is 0. The number of likely N-dealkylation sites (tertiary alicyclic amines) is 1. The van der Waals surface area contributed by atoms with Gasteiger partial charge in [0.15, 0.2) is 0 Å². The Balaban J connectivity index is 1.48. The van der Waals surface area contributed by atoms with Crippen LogP contribution in [0.15, 0.2) is 40.2 Å². The Labute approximate surface area is 150 Å². The fourth-order valence-corrected chi connectivity index (χ4v) is 2.53. The lowest BCUT2D eigenvalue weighted by molar-refractivity contribution is -0.140. The number of alkyl halides is 3. The highest BCUT2D eigenvalue weighted by atomic mass is 19.4. The van der Waals surface area contributed by atoms with Crippen LogP contribution in [-0.2, 0) is 17.5 Å². The van der Waals surface area contributed by atoms with Crippen molar-refractivity contribution in [2.75, 3.05) is 13.1 Å². The summed E-state index contributed by atoms with van der Waals surface area (Å²) in [5.74, 6) is -0.383. The summed E-state index contributed by atoms with van der Waals surface area (Å²) in [6.07, 6.45) is -2.57. The second-order valence-corrected chi connectivity index (χ2v) is 5.97. The molecule has 0 aliphatic carbocycles. The molecule has 0 saturated carbocycles. The number of aryl methyl sites for hydroxylation is 1. The van der Waals surface area contributed by atoms with Crippen molar-refractivity contribution < 1.29 is 22.7 Å². The Bertz CT molecular complexity index is 947. The van der Waals surface area contributed by atoms with E-state index in [-0.39, 0.29) is 37.8 Å². The summed E-state index contributed by atoms with van der Waals surface area (Å²) in [6, 6.07) is 2.84. The van der Waals surface area contributed by atoms with E-state index in [4.69, 9.17) is 4.74 Å². The molecule has 144 valence electrons. The van der Waals surface area contributed by atoms with E-state index in [9.17, 15) is 27.6 Å². The van der Waals surface area contributed by atoms with Gasteiger partial charge in [0.1, 0.15) is 6.10 Å². The molecule has 0 atom stereocenters. The molecule has 11 heteroatoms. The van der Waals surface area contributed by atoms with Crippen molar-refractivity contribution in [2.24, 2.45) is 0 Å². The summed E-state index contributed by atoms with van der Waals surface area (Å²) in [5.41, 5.74) is -1.98. The van der Waals surface area contributed by atoms with Crippen LogP contribution < -0.4 is 16.0 Å².